The first-order valence-corrected chi connectivity index (χ1v) is 5.75. The van der Waals surface area contributed by atoms with E-state index in [9.17, 15) is 9.90 Å². The zero-order valence-electron chi connectivity index (χ0n) is 10.2. The second-order valence-electron chi connectivity index (χ2n) is 4.90. The van der Waals surface area contributed by atoms with Gasteiger partial charge in [0.1, 0.15) is 5.60 Å². The summed E-state index contributed by atoms with van der Waals surface area (Å²) in [5.41, 5.74) is -0.917. The Morgan fingerprint density at radius 3 is 2.31 bits per heavy atom. The van der Waals surface area contributed by atoms with Gasteiger partial charge < -0.3 is 9.84 Å². The van der Waals surface area contributed by atoms with E-state index in [0.29, 0.717) is 5.92 Å². The van der Waals surface area contributed by atoms with Crippen molar-refractivity contribution in [3.63, 3.8) is 0 Å². The lowest BCUT2D eigenvalue weighted by Gasteiger charge is -2.23. The average Bonchev–Trinajstić information content (AvgIpc) is 2.25. The molecule has 0 aromatic rings. The fourth-order valence-electron chi connectivity index (χ4n) is 1.92. The number of aliphatic hydroxyl groups is 1. The maximum absolute atomic E-state index is 11.3. The SMILES string of the molecule is COC(=O)[C@H]1CC[C@H](C#CC(C)(C)O)CC1. The van der Waals surface area contributed by atoms with Crippen molar-refractivity contribution in [1.82, 2.24) is 0 Å². The third-order valence-electron chi connectivity index (χ3n) is 2.84. The molecule has 0 aromatic carbocycles. The van der Waals surface area contributed by atoms with Crippen LogP contribution in [0.15, 0.2) is 0 Å². The summed E-state index contributed by atoms with van der Waals surface area (Å²) >= 11 is 0. The number of ether oxygens (including phenoxy) is 1. The van der Waals surface area contributed by atoms with Gasteiger partial charge in [-0.05, 0) is 39.5 Å². The molecule has 0 unspecified atom stereocenters. The number of methoxy groups -OCH3 is 1. The third-order valence-corrected chi connectivity index (χ3v) is 2.84. The van der Waals surface area contributed by atoms with Gasteiger partial charge in [-0.2, -0.15) is 0 Å². The zero-order valence-corrected chi connectivity index (χ0v) is 10.2. The van der Waals surface area contributed by atoms with Crippen LogP contribution >= 0.6 is 0 Å². The first kappa shape index (κ1) is 13.1. The summed E-state index contributed by atoms with van der Waals surface area (Å²) in [6.45, 7) is 3.36. The topological polar surface area (TPSA) is 46.5 Å². The van der Waals surface area contributed by atoms with Crippen molar-refractivity contribution >= 4 is 5.97 Å². The minimum Gasteiger partial charge on any atom is -0.469 e. The summed E-state index contributed by atoms with van der Waals surface area (Å²) in [7, 11) is 1.43. The summed E-state index contributed by atoms with van der Waals surface area (Å²) in [4.78, 5) is 11.3. The Balaban J connectivity index is 2.43. The van der Waals surface area contributed by atoms with E-state index in [-0.39, 0.29) is 11.9 Å². The fourth-order valence-corrected chi connectivity index (χ4v) is 1.92. The molecular formula is C13H20O3. The van der Waals surface area contributed by atoms with Crippen LogP contribution in [-0.2, 0) is 9.53 Å². The van der Waals surface area contributed by atoms with E-state index in [1.807, 2.05) is 0 Å². The first-order chi connectivity index (χ1) is 7.42. The standard InChI is InChI=1S/C13H20O3/c1-13(2,15)9-8-10-4-6-11(7-5-10)12(14)16-3/h10-11,15H,4-7H2,1-3H3/t10-,11-. The predicted molar refractivity (Wildman–Crippen MR) is 61.5 cm³/mol. The molecule has 0 atom stereocenters. The van der Waals surface area contributed by atoms with Crippen LogP contribution in [-0.4, -0.2) is 23.8 Å². The molecule has 1 saturated carbocycles. The van der Waals surface area contributed by atoms with E-state index >= 15 is 0 Å². The van der Waals surface area contributed by atoms with Crippen molar-refractivity contribution in [2.24, 2.45) is 11.8 Å². The van der Waals surface area contributed by atoms with Crippen LogP contribution in [0.3, 0.4) is 0 Å². The average molecular weight is 224 g/mol. The number of esters is 1. The number of carbonyl (C=O) groups excluding carboxylic acids is 1. The van der Waals surface area contributed by atoms with Gasteiger partial charge in [0.2, 0.25) is 0 Å². The van der Waals surface area contributed by atoms with Gasteiger partial charge in [0.05, 0.1) is 13.0 Å². The third kappa shape index (κ3) is 4.24. The molecule has 0 spiro atoms. The van der Waals surface area contributed by atoms with Gasteiger partial charge in [-0.3, -0.25) is 4.79 Å². The Morgan fingerprint density at radius 1 is 1.31 bits per heavy atom. The number of carbonyl (C=O) groups is 1. The molecule has 16 heavy (non-hydrogen) atoms. The maximum Gasteiger partial charge on any atom is 0.308 e. The molecule has 1 fully saturated rings. The molecule has 1 rings (SSSR count). The molecule has 0 saturated heterocycles. The second kappa shape index (κ2) is 5.36. The lowest BCUT2D eigenvalue weighted by atomic mass is 9.82. The van der Waals surface area contributed by atoms with Crippen LogP contribution in [0.5, 0.6) is 0 Å². The number of hydrogen-bond acceptors (Lipinski definition) is 3. The normalized spacial score (nSPS) is 25.5. The highest BCUT2D eigenvalue weighted by Crippen LogP contribution is 2.29. The van der Waals surface area contributed by atoms with Crippen LogP contribution in [0.2, 0.25) is 0 Å². The van der Waals surface area contributed by atoms with E-state index in [1.165, 1.54) is 7.11 Å². The zero-order chi connectivity index (χ0) is 12.2. The minimum absolute atomic E-state index is 0.0465. The Hall–Kier alpha value is -1.01. The minimum atomic E-state index is -0.917. The van der Waals surface area contributed by atoms with E-state index in [2.05, 4.69) is 11.8 Å². The summed E-state index contributed by atoms with van der Waals surface area (Å²) < 4.78 is 4.72. The van der Waals surface area contributed by atoms with Crippen LogP contribution in [0.4, 0.5) is 0 Å². The summed E-state index contributed by atoms with van der Waals surface area (Å²) in [6.07, 6.45) is 3.53. The van der Waals surface area contributed by atoms with Gasteiger partial charge >= 0.3 is 5.97 Å². The molecule has 3 heteroatoms. The van der Waals surface area contributed by atoms with Gasteiger partial charge in [0.25, 0.3) is 0 Å². The molecule has 1 aliphatic carbocycles. The smallest absolute Gasteiger partial charge is 0.308 e. The molecule has 90 valence electrons. The Morgan fingerprint density at radius 2 is 1.88 bits per heavy atom. The van der Waals surface area contributed by atoms with Gasteiger partial charge in [-0.25, -0.2) is 0 Å². The van der Waals surface area contributed by atoms with Crippen molar-refractivity contribution < 1.29 is 14.6 Å². The lowest BCUT2D eigenvalue weighted by molar-refractivity contribution is -0.146. The largest absolute Gasteiger partial charge is 0.469 e. The first-order valence-electron chi connectivity index (χ1n) is 5.75. The van der Waals surface area contributed by atoms with Crippen LogP contribution in [0.25, 0.3) is 0 Å². The van der Waals surface area contributed by atoms with Crippen molar-refractivity contribution in [2.45, 2.75) is 45.1 Å². The number of rotatable bonds is 1. The fraction of sp³-hybridized carbons (Fsp3) is 0.769. The molecule has 3 nitrogen and oxygen atoms in total. The Labute approximate surface area is 97.2 Å². The van der Waals surface area contributed by atoms with Crippen molar-refractivity contribution in [1.29, 1.82) is 0 Å². The molecule has 0 aromatic heterocycles. The predicted octanol–water partition coefficient (Wildman–Crippen LogP) is 1.74. The molecule has 1 aliphatic rings. The van der Waals surface area contributed by atoms with Crippen LogP contribution in [0, 0.1) is 23.7 Å². The van der Waals surface area contributed by atoms with E-state index in [1.54, 1.807) is 13.8 Å². The van der Waals surface area contributed by atoms with Gasteiger partial charge in [-0.1, -0.05) is 11.8 Å². The highest BCUT2D eigenvalue weighted by molar-refractivity contribution is 5.72. The Bertz CT molecular complexity index is 295. The van der Waals surface area contributed by atoms with Crippen LogP contribution in [0.1, 0.15) is 39.5 Å². The van der Waals surface area contributed by atoms with E-state index < -0.39 is 5.60 Å². The molecule has 0 heterocycles. The summed E-state index contributed by atoms with van der Waals surface area (Å²) in [5, 5.41) is 9.48. The summed E-state index contributed by atoms with van der Waals surface area (Å²) in [5.74, 6) is 6.18. The maximum atomic E-state index is 11.3. The van der Waals surface area contributed by atoms with E-state index in [4.69, 9.17) is 4.74 Å². The van der Waals surface area contributed by atoms with Gasteiger partial charge in [0.15, 0.2) is 0 Å². The van der Waals surface area contributed by atoms with Crippen molar-refractivity contribution in [3.8, 4) is 11.8 Å². The molecule has 0 radical (unpaired) electrons. The molecule has 0 bridgehead atoms. The second-order valence-corrected chi connectivity index (χ2v) is 4.90. The molecule has 0 amide bonds. The van der Waals surface area contributed by atoms with E-state index in [0.717, 1.165) is 25.7 Å². The molecule has 1 N–H and O–H groups in total. The molecule has 0 aliphatic heterocycles. The molecular weight excluding hydrogens is 204 g/mol. The van der Waals surface area contributed by atoms with Gasteiger partial charge in [-0.15, -0.1) is 0 Å². The van der Waals surface area contributed by atoms with Crippen molar-refractivity contribution in [3.05, 3.63) is 0 Å². The lowest BCUT2D eigenvalue weighted by Crippen LogP contribution is -2.23. The quantitative estimate of drug-likeness (QED) is 0.545. The van der Waals surface area contributed by atoms with Gasteiger partial charge in [0, 0.05) is 5.92 Å². The highest BCUT2D eigenvalue weighted by Gasteiger charge is 2.26. The monoisotopic (exact) mass is 224 g/mol. The van der Waals surface area contributed by atoms with Crippen LogP contribution < -0.4 is 0 Å². The Kier molecular flexibility index (Phi) is 4.37. The summed E-state index contributed by atoms with van der Waals surface area (Å²) in [6, 6.07) is 0. The highest BCUT2D eigenvalue weighted by atomic mass is 16.5. The van der Waals surface area contributed by atoms with Crippen molar-refractivity contribution in [2.75, 3.05) is 7.11 Å². The number of hydrogen-bond donors (Lipinski definition) is 1.